The van der Waals surface area contributed by atoms with Crippen LogP contribution < -0.4 is 5.32 Å². The number of likely N-dealkylation sites (N-methyl/N-ethyl adjacent to an activating group) is 1. The average Bonchev–Trinajstić information content (AvgIpc) is 2.96. The molecule has 1 saturated heterocycles. The molecule has 18 heavy (non-hydrogen) atoms. The highest BCUT2D eigenvalue weighted by Crippen LogP contribution is 2.19. The van der Waals surface area contributed by atoms with Crippen molar-refractivity contribution in [3.05, 3.63) is 0 Å². The molecule has 6 heteroatoms. The van der Waals surface area contributed by atoms with Crippen LogP contribution in [0.5, 0.6) is 0 Å². The topological polar surface area (TPSA) is 52.7 Å². The van der Waals surface area contributed by atoms with Crippen LogP contribution in [0.1, 0.15) is 25.7 Å². The fraction of sp³-hybridized carbons (Fsp3) is 1.00. The Balaban J connectivity index is 1.72. The molecule has 0 amide bonds. The van der Waals surface area contributed by atoms with Gasteiger partial charge in [0.1, 0.15) is 0 Å². The van der Waals surface area contributed by atoms with E-state index in [0.29, 0.717) is 25.2 Å². The summed E-state index contributed by atoms with van der Waals surface area (Å²) in [4.78, 5) is 2.12. The van der Waals surface area contributed by atoms with Crippen LogP contribution in [0.4, 0.5) is 0 Å². The minimum Gasteiger partial charge on any atom is -0.314 e. The molecule has 5 nitrogen and oxygen atoms in total. The molecule has 1 aliphatic carbocycles. The molecule has 106 valence electrons. The first-order valence-electron chi connectivity index (χ1n) is 6.86. The summed E-state index contributed by atoms with van der Waals surface area (Å²) in [6.45, 7) is 2.17. The van der Waals surface area contributed by atoms with Crippen molar-refractivity contribution in [1.82, 2.24) is 14.5 Å². The molecule has 1 atom stereocenters. The monoisotopic (exact) mass is 275 g/mol. The summed E-state index contributed by atoms with van der Waals surface area (Å²) in [6.07, 6.45) is 4.18. The molecule has 1 saturated carbocycles. The van der Waals surface area contributed by atoms with Gasteiger partial charge in [-0.25, -0.2) is 12.7 Å². The predicted octanol–water partition coefficient (Wildman–Crippen LogP) is 0.0942. The lowest BCUT2D eigenvalue weighted by Crippen LogP contribution is -2.36. The maximum atomic E-state index is 12.1. The molecule has 0 bridgehead atoms. The second-order valence-electron chi connectivity index (χ2n) is 5.66. The number of nitrogens with zero attached hydrogens (tertiary/aromatic N) is 2. The van der Waals surface area contributed by atoms with E-state index in [4.69, 9.17) is 0 Å². The first kappa shape index (κ1) is 14.2. The first-order chi connectivity index (χ1) is 8.49. The lowest BCUT2D eigenvalue weighted by molar-refractivity contribution is 0.302. The molecule has 2 aliphatic rings. The SMILES string of the molecule is CN(C)C1CCN(S(=O)(=O)CCCNC2CC2)C1. The van der Waals surface area contributed by atoms with Gasteiger partial charge in [0.15, 0.2) is 0 Å². The smallest absolute Gasteiger partial charge is 0.214 e. The zero-order chi connectivity index (χ0) is 13.2. The number of sulfonamides is 1. The van der Waals surface area contributed by atoms with Gasteiger partial charge >= 0.3 is 0 Å². The standard InChI is InChI=1S/C12H25N3O2S/c1-14(2)12-6-8-15(10-12)18(16,17)9-3-7-13-11-4-5-11/h11-13H,3-10H2,1-2H3. The molecule has 1 heterocycles. The van der Waals surface area contributed by atoms with Crippen molar-refractivity contribution in [2.45, 2.75) is 37.8 Å². The van der Waals surface area contributed by atoms with Crippen molar-refractivity contribution in [3.8, 4) is 0 Å². The lowest BCUT2D eigenvalue weighted by atomic mass is 10.2. The Bertz CT molecular complexity index is 366. The molecule has 0 aromatic carbocycles. The van der Waals surface area contributed by atoms with E-state index in [0.717, 1.165) is 19.4 Å². The number of rotatable bonds is 7. The largest absolute Gasteiger partial charge is 0.314 e. The third kappa shape index (κ3) is 3.91. The Kier molecular flexibility index (Phi) is 4.64. The fourth-order valence-electron chi connectivity index (χ4n) is 2.36. The van der Waals surface area contributed by atoms with Gasteiger partial charge in [0.2, 0.25) is 10.0 Å². The summed E-state index contributed by atoms with van der Waals surface area (Å²) >= 11 is 0. The summed E-state index contributed by atoms with van der Waals surface area (Å²) in [5.74, 6) is 0.285. The quantitative estimate of drug-likeness (QED) is 0.669. The molecule has 1 unspecified atom stereocenters. The maximum Gasteiger partial charge on any atom is 0.214 e. The van der Waals surface area contributed by atoms with Crippen LogP contribution >= 0.6 is 0 Å². The molecule has 0 radical (unpaired) electrons. The van der Waals surface area contributed by atoms with Crippen molar-refractivity contribution < 1.29 is 8.42 Å². The fourth-order valence-corrected chi connectivity index (χ4v) is 3.91. The molecular weight excluding hydrogens is 250 g/mol. The number of hydrogen-bond donors (Lipinski definition) is 1. The van der Waals surface area contributed by atoms with Gasteiger partial charge in [-0.1, -0.05) is 0 Å². The van der Waals surface area contributed by atoms with E-state index in [1.807, 2.05) is 14.1 Å². The molecule has 0 aromatic rings. The summed E-state index contributed by atoms with van der Waals surface area (Å²) in [7, 11) is 0.991. The zero-order valence-corrected chi connectivity index (χ0v) is 12.2. The van der Waals surface area contributed by atoms with E-state index in [2.05, 4.69) is 10.2 Å². The van der Waals surface area contributed by atoms with Crippen molar-refractivity contribution in [2.24, 2.45) is 0 Å². The first-order valence-corrected chi connectivity index (χ1v) is 8.47. The van der Waals surface area contributed by atoms with Crippen LogP contribution in [0.25, 0.3) is 0 Å². The highest BCUT2D eigenvalue weighted by atomic mass is 32.2. The Morgan fingerprint density at radius 1 is 1.28 bits per heavy atom. The van der Waals surface area contributed by atoms with Gasteiger partial charge in [0, 0.05) is 25.2 Å². The Labute approximate surface area is 111 Å². The summed E-state index contributed by atoms with van der Waals surface area (Å²) < 4.78 is 25.9. The van der Waals surface area contributed by atoms with E-state index >= 15 is 0 Å². The Morgan fingerprint density at radius 3 is 2.56 bits per heavy atom. The van der Waals surface area contributed by atoms with Gasteiger partial charge in [-0.05, 0) is 46.3 Å². The lowest BCUT2D eigenvalue weighted by Gasteiger charge is -2.20. The van der Waals surface area contributed by atoms with Crippen LogP contribution in [0.15, 0.2) is 0 Å². The minimum absolute atomic E-state index is 0.285. The summed E-state index contributed by atoms with van der Waals surface area (Å²) in [5, 5.41) is 3.36. The number of hydrogen-bond acceptors (Lipinski definition) is 4. The second kappa shape index (κ2) is 5.86. The van der Waals surface area contributed by atoms with Crippen LogP contribution in [0.2, 0.25) is 0 Å². The van der Waals surface area contributed by atoms with Gasteiger partial charge in [0.05, 0.1) is 5.75 Å². The normalized spacial score (nSPS) is 26.1. The summed E-state index contributed by atoms with van der Waals surface area (Å²) in [6, 6.07) is 1.04. The summed E-state index contributed by atoms with van der Waals surface area (Å²) in [5.41, 5.74) is 0. The molecule has 2 rings (SSSR count). The van der Waals surface area contributed by atoms with Crippen molar-refractivity contribution in [3.63, 3.8) is 0 Å². The van der Waals surface area contributed by atoms with Gasteiger partial charge < -0.3 is 10.2 Å². The number of nitrogens with one attached hydrogen (secondary N) is 1. The Hall–Kier alpha value is -0.170. The minimum atomic E-state index is -3.04. The van der Waals surface area contributed by atoms with Crippen molar-refractivity contribution >= 4 is 10.0 Å². The molecule has 0 aromatic heterocycles. The molecule has 1 aliphatic heterocycles. The van der Waals surface area contributed by atoms with Gasteiger partial charge in [-0.2, -0.15) is 0 Å². The van der Waals surface area contributed by atoms with Crippen LogP contribution in [0.3, 0.4) is 0 Å². The molecular formula is C12H25N3O2S. The highest BCUT2D eigenvalue weighted by Gasteiger charge is 2.31. The molecule has 0 spiro atoms. The second-order valence-corrected chi connectivity index (χ2v) is 7.75. The van der Waals surface area contributed by atoms with Crippen LogP contribution in [-0.4, -0.2) is 69.2 Å². The van der Waals surface area contributed by atoms with E-state index in [1.165, 1.54) is 12.8 Å². The maximum absolute atomic E-state index is 12.1. The third-order valence-corrected chi connectivity index (χ3v) is 5.76. The third-order valence-electron chi connectivity index (χ3n) is 3.84. The van der Waals surface area contributed by atoms with E-state index in [-0.39, 0.29) is 5.75 Å². The van der Waals surface area contributed by atoms with E-state index in [1.54, 1.807) is 4.31 Å². The van der Waals surface area contributed by atoms with E-state index in [9.17, 15) is 8.42 Å². The van der Waals surface area contributed by atoms with Gasteiger partial charge in [-0.3, -0.25) is 0 Å². The van der Waals surface area contributed by atoms with Crippen molar-refractivity contribution in [2.75, 3.05) is 39.5 Å². The van der Waals surface area contributed by atoms with Gasteiger partial charge in [0.25, 0.3) is 0 Å². The van der Waals surface area contributed by atoms with Crippen LogP contribution in [-0.2, 0) is 10.0 Å². The van der Waals surface area contributed by atoms with Gasteiger partial charge in [-0.15, -0.1) is 0 Å². The predicted molar refractivity (Wildman–Crippen MR) is 73.1 cm³/mol. The molecule has 2 fully saturated rings. The molecule has 1 N–H and O–H groups in total. The highest BCUT2D eigenvalue weighted by molar-refractivity contribution is 7.89. The Morgan fingerprint density at radius 2 is 2.00 bits per heavy atom. The average molecular weight is 275 g/mol. The van der Waals surface area contributed by atoms with E-state index < -0.39 is 10.0 Å². The van der Waals surface area contributed by atoms with Crippen LogP contribution in [0, 0.1) is 0 Å². The zero-order valence-electron chi connectivity index (χ0n) is 11.4. The van der Waals surface area contributed by atoms with Crippen molar-refractivity contribution in [1.29, 1.82) is 0 Å².